The molecule has 1 N–H and O–H groups in total. The van der Waals surface area contributed by atoms with E-state index in [9.17, 15) is 0 Å². The lowest BCUT2D eigenvalue weighted by atomic mass is 9.97. The van der Waals surface area contributed by atoms with Crippen molar-refractivity contribution in [2.24, 2.45) is 0 Å². The van der Waals surface area contributed by atoms with Crippen molar-refractivity contribution in [3.63, 3.8) is 0 Å². The lowest BCUT2D eigenvalue weighted by Crippen LogP contribution is -2.18. The summed E-state index contributed by atoms with van der Waals surface area (Å²) in [5, 5.41) is 3.40. The topological polar surface area (TPSA) is 34.1 Å². The van der Waals surface area contributed by atoms with E-state index in [1.54, 1.807) is 0 Å². The minimum Gasteiger partial charge on any atom is -0.378 e. The van der Waals surface area contributed by atoms with Crippen LogP contribution < -0.4 is 5.32 Å². The Kier molecular flexibility index (Phi) is 5.14. The number of ether oxygens (including phenoxy) is 1. The van der Waals surface area contributed by atoms with Gasteiger partial charge in [-0.3, -0.25) is 4.98 Å². The van der Waals surface area contributed by atoms with Crippen molar-refractivity contribution < 1.29 is 4.74 Å². The molecule has 2 atom stereocenters. The summed E-state index contributed by atoms with van der Waals surface area (Å²) >= 11 is 0. The molecule has 1 aromatic rings. The average Bonchev–Trinajstić information content (AvgIpc) is 2.89. The Balaban J connectivity index is 1.83. The molecule has 0 spiro atoms. The minimum atomic E-state index is 0.417. The van der Waals surface area contributed by atoms with Gasteiger partial charge in [-0.25, -0.2) is 0 Å². The number of nitrogens with one attached hydrogen (secondary N) is 1. The van der Waals surface area contributed by atoms with Crippen LogP contribution in [0.1, 0.15) is 49.3 Å². The van der Waals surface area contributed by atoms with Gasteiger partial charge in [0.1, 0.15) is 0 Å². The first-order chi connectivity index (χ1) is 8.81. The molecule has 0 aliphatic carbocycles. The van der Waals surface area contributed by atoms with E-state index in [1.807, 2.05) is 19.4 Å². The van der Waals surface area contributed by atoms with E-state index >= 15 is 0 Å². The number of hydrogen-bond acceptors (Lipinski definition) is 3. The van der Waals surface area contributed by atoms with E-state index in [-0.39, 0.29) is 0 Å². The molecule has 0 amide bonds. The fraction of sp³-hybridized carbons (Fsp3) is 0.667. The summed E-state index contributed by atoms with van der Waals surface area (Å²) in [6.45, 7) is 3.11. The molecule has 2 unspecified atom stereocenters. The Morgan fingerprint density at radius 1 is 1.56 bits per heavy atom. The third kappa shape index (κ3) is 3.53. The van der Waals surface area contributed by atoms with E-state index in [2.05, 4.69) is 23.3 Å². The van der Waals surface area contributed by atoms with Crippen molar-refractivity contribution in [3.05, 3.63) is 29.6 Å². The fourth-order valence-electron chi connectivity index (χ4n) is 2.72. The van der Waals surface area contributed by atoms with E-state index in [0.29, 0.717) is 12.1 Å². The molecule has 18 heavy (non-hydrogen) atoms. The Morgan fingerprint density at radius 2 is 2.44 bits per heavy atom. The number of pyridine rings is 1. The average molecular weight is 248 g/mol. The van der Waals surface area contributed by atoms with Crippen molar-refractivity contribution in [1.29, 1.82) is 0 Å². The molecule has 0 aromatic carbocycles. The predicted molar refractivity (Wildman–Crippen MR) is 73.6 cm³/mol. The number of aromatic nitrogens is 1. The third-order valence-electron chi connectivity index (χ3n) is 3.85. The molecule has 1 aliphatic rings. The van der Waals surface area contributed by atoms with E-state index < -0.39 is 0 Å². The highest BCUT2D eigenvalue weighted by Gasteiger charge is 2.17. The zero-order valence-corrected chi connectivity index (χ0v) is 11.5. The lowest BCUT2D eigenvalue weighted by Gasteiger charge is -2.19. The van der Waals surface area contributed by atoms with Crippen LogP contribution in [-0.2, 0) is 4.74 Å². The zero-order valence-electron chi connectivity index (χ0n) is 11.5. The summed E-state index contributed by atoms with van der Waals surface area (Å²) in [6, 6.07) is 2.50. The Bertz CT molecular complexity index is 361. The van der Waals surface area contributed by atoms with Crippen LogP contribution >= 0.6 is 0 Å². The molecule has 1 aliphatic heterocycles. The van der Waals surface area contributed by atoms with Gasteiger partial charge in [-0.15, -0.1) is 0 Å². The summed E-state index contributed by atoms with van der Waals surface area (Å²) < 4.78 is 5.67. The maximum atomic E-state index is 5.67. The first-order valence-corrected chi connectivity index (χ1v) is 7.00. The highest BCUT2D eigenvalue weighted by atomic mass is 16.5. The van der Waals surface area contributed by atoms with Gasteiger partial charge in [-0.2, -0.15) is 0 Å². The van der Waals surface area contributed by atoms with Crippen LogP contribution in [0.5, 0.6) is 0 Å². The molecule has 2 rings (SSSR count). The second-order valence-electron chi connectivity index (χ2n) is 5.14. The quantitative estimate of drug-likeness (QED) is 0.840. The van der Waals surface area contributed by atoms with Crippen LogP contribution in [0.2, 0.25) is 0 Å². The van der Waals surface area contributed by atoms with Gasteiger partial charge in [-0.1, -0.05) is 0 Å². The van der Waals surface area contributed by atoms with Crippen LogP contribution in [-0.4, -0.2) is 24.7 Å². The molecule has 0 saturated carbocycles. The predicted octanol–water partition coefficient (Wildman–Crippen LogP) is 3.00. The smallest absolute Gasteiger partial charge is 0.0576 e. The van der Waals surface area contributed by atoms with Gasteiger partial charge in [0.25, 0.3) is 0 Å². The molecule has 2 heterocycles. The second kappa shape index (κ2) is 6.86. The van der Waals surface area contributed by atoms with Crippen LogP contribution in [0.15, 0.2) is 18.5 Å². The normalized spacial score (nSPS) is 21.1. The van der Waals surface area contributed by atoms with E-state index in [1.165, 1.54) is 36.8 Å². The molecule has 0 radical (unpaired) electrons. The molecule has 1 fully saturated rings. The molecule has 3 nitrogen and oxygen atoms in total. The molecular formula is C15H24N2O. The van der Waals surface area contributed by atoms with Gasteiger partial charge in [0.2, 0.25) is 0 Å². The highest BCUT2D eigenvalue weighted by molar-refractivity contribution is 5.24. The van der Waals surface area contributed by atoms with Crippen LogP contribution in [0.3, 0.4) is 0 Å². The first kappa shape index (κ1) is 13.5. The molecular weight excluding hydrogens is 224 g/mol. The standard InChI is InChI=1S/C15H24N2O/c1-12-8-9-17-11-14(12)15(16-2)7-3-5-13-6-4-10-18-13/h8-9,11,13,15-16H,3-7,10H2,1-2H3. The van der Waals surface area contributed by atoms with Crippen LogP contribution in [0.4, 0.5) is 0 Å². The third-order valence-corrected chi connectivity index (χ3v) is 3.85. The monoisotopic (exact) mass is 248 g/mol. The Hall–Kier alpha value is -0.930. The lowest BCUT2D eigenvalue weighted by molar-refractivity contribution is 0.101. The summed E-state index contributed by atoms with van der Waals surface area (Å²) in [5.41, 5.74) is 2.65. The Morgan fingerprint density at radius 3 is 3.11 bits per heavy atom. The fourth-order valence-corrected chi connectivity index (χ4v) is 2.72. The van der Waals surface area contributed by atoms with Crippen molar-refractivity contribution in [1.82, 2.24) is 10.3 Å². The molecule has 1 saturated heterocycles. The largest absolute Gasteiger partial charge is 0.378 e. The van der Waals surface area contributed by atoms with Crippen LogP contribution in [0.25, 0.3) is 0 Å². The maximum Gasteiger partial charge on any atom is 0.0576 e. The van der Waals surface area contributed by atoms with Gasteiger partial charge >= 0.3 is 0 Å². The van der Waals surface area contributed by atoms with Gasteiger partial charge in [0.15, 0.2) is 0 Å². The Labute approximate surface area is 110 Å². The van der Waals surface area contributed by atoms with Crippen LogP contribution in [0, 0.1) is 6.92 Å². The van der Waals surface area contributed by atoms with Gasteiger partial charge in [-0.05, 0) is 63.3 Å². The molecule has 3 heteroatoms. The summed E-state index contributed by atoms with van der Waals surface area (Å²) in [7, 11) is 2.03. The SMILES string of the molecule is CNC(CCCC1CCCO1)c1cnccc1C. The zero-order chi connectivity index (χ0) is 12.8. The maximum absolute atomic E-state index is 5.67. The summed E-state index contributed by atoms with van der Waals surface area (Å²) in [4.78, 5) is 4.24. The van der Waals surface area contributed by atoms with Gasteiger partial charge in [0, 0.05) is 25.0 Å². The molecule has 0 bridgehead atoms. The van der Waals surface area contributed by atoms with Gasteiger partial charge < -0.3 is 10.1 Å². The first-order valence-electron chi connectivity index (χ1n) is 7.00. The van der Waals surface area contributed by atoms with Crippen molar-refractivity contribution >= 4 is 0 Å². The summed E-state index contributed by atoms with van der Waals surface area (Å²) in [5.74, 6) is 0. The van der Waals surface area contributed by atoms with Gasteiger partial charge in [0.05, 0.1) is 6.10 Å². The van der Waals surface area contributed by atoms with Crippen molar-refractivity contribution in [2.75, 3.05) is 13.7 Å². The number of nitrogens with zero attached hydrogens (tertiary/aromatic N) is 1. The minimum absolute atomic E-state index is 0.417. The number of aryl methyl sites for hydroxylation is 1. The molecule has 100 valence electrons. The van der Waals surface area contributed by atoms with Crippen molar-refractivity contribution in [2.45, 2.75) is 51.2 Å². The number of hydrogen-bond donors (Lipinski definition) is 1. The van der Waals surface area contributed by atoms with Crippen molar-refractivity contribution in [3.8, 4) is 0 Å². The molecule has 1 aromatic heterocycles. The van der Waals surface area contributed by atoms with E-state index in [4.69, 9.17) is 4.74 Å². The van der Waals surface area contributed by atoms with E-state index in [0.717, 1.165) is 13.0 Å². The highest BCUT2D eigenvalue weighted by Crippen LogP contribution is 2.24. The number of rotatable bonds is 6. The second-order valence-corrected chi connectivity index (χ2v) is 5.14. The summed E-state index contributed by atoms with van der Waals surface area (Å²) in [6.07, 6.45) is 10.4.